The van der Waals surface area contributed by atoms with Crippen molar-refractivity contribution in [1.82, 2.24) is 4.31 Å². The summed E-state index contributed by atoms with van der Waals surface area (Å²) in [4.78, 5) is 12.8. The van der Waals surface area contributed by atoms with E-state index in [1.54, 1.807) is 30.3 Å². The van der Waals surface area contributed by atoms with E-state index in [-0.39, 0.29) is 15.5 Å². The number of nitrogens with one attached hydrogen (secondary N) is 1. The zero-order chi connectivity index (χ0) is 21.6. The number of ether oxygens (including phenoxy) is 1. The Kier molecular flexibility index (Phi) is 7.53. The standard InChI is InChI=1S/C22H25ClN2O4S/c1-2-15-29-18-9-7-17(8-10-18)24-22(26)20-16-19(11-12-21(20)23)30(27,28)25-13-5-3-4-6-14-25/h2,7-12,16H,1,3-6,13-15H2,(H,24,26). The Bertz CT molecular complexity index is 998. The van der Waals surface area contributed by atoms with Crippen molar-refractivity contribution in [3.63, 3.8) is 0 Å². The van der Waals surface area contributed by atoms with Crippen LogP contribution in [0.15, 0.2) is 60.0 Å². The number of sulfonamides is 1. The van der Waals surface area contributed by atoms with E-state index in [9.17, 15) is 13.2 Å². The molecule has 1 N–H and O–H groups in total. The van der Waals surface area contributed by atoms with Crippen molar-refractivity contribution in [1.29, 1.82) is 0 Å². The molecule has 8 heteroatoms. The van der Waals surface area contributed by atoms with E-state index in [4.69, 9.17) is 16.3 Å². The third-order valence-corrected chi connectivity index (χ3v) is 7.09. The maximum Gasteiger partial charge on any atom is 0.257 e. The van der Waals surface area contributed by atoms with Crippen LogP contribution >= 0.6 is 11.6 Å². The molecule has 0 aliphatic carbocycles. The Morgan fingerprint density at radius 2 is 1.77 bits per heavy atom. The normalized spacial score (nSPS) is 15.2. The lowest BCUT2D eigenvalue weighted by atomic mass is 10.2. The molecule has 1 heterocycles. The average molecular weight is 449 g/mol. The number of benzene rings is 2. The number of halogens is 1. The molecule has 0 aromatic heterocycles. The maximum absolute atomic E-state index is 13.0. The van der Waals surface area contributed by atoms with E-state index in [0.29, 0.717) is 31.1 Å². The highest BCUT2D eigenvalue weighted by Crippen LogP contribution is 2.26. The minimum Gasteiger partial charge on any atom is -0.490 e. The molecule has 0 radical (unpaired) electrons. The molecule has 0 atom stereocenters. The Balaban J connectivity index is 1.78. The number of anilines is 1. The van der Waals surface area contributed by atoms with Crippen LogP contribution in [0.1, 0.15) is 36.0 Å². The lowest BCUT2D eigenvalue weighted by Crippen LogP contribution is -2.32. The molecule has 0 unspecified atom stereocenters. The molecule has 0 spiro atoms. The van der Waals surface area contributed by atoms with Gasteiger partial charge in [0.1, 0.15) is 12.4 Å². The summed E-state index contributed by atoms with van der Waals surface area (Å²) < 4.78 is 33.0. The molecule has 30 heavy (non-hydrogen) atoms. The van der Waals surface area contributed by atoms with Crippen LogP contribution in [0, 0.1) is 0 Å². The Morgan fingerprint density at radius 1 is 1.10 bits per heavy atom. The van der Waals surface area contributed by atoms with Gasteiger partial charge in [-0.05, 0) is 55.3 Å². The Hall–Kier alpha value is -2.35. The van der Waals surface area contributed by atoms with Crippen LogP contribution in [0.25, 0.3) is 0 Å². The molecule has 0 bridgehead atoms. The van der Waals surface area contributed by atoms with Gasteiger partial charge in [0.2, 0.25) is 10.0 Å². The molecule has 2 aromatic rings. The zero-order valence-electron chi connectivity index (χ0n) is 16.6. The van der Waals surface area contributed by atoms with E-state index in [2.05, 4.69) is 11.9 Å². The van der Waals surface area contributed by atoms with Gasteiger partial charge in [-0.15, -0.1) is 0 Å². The predicted octanol–water partition coefficient (Wildman–Crippen LogP) is 4.72. The molecule has 1 fully saturated rings. The summed E-state index contributed by atoms with van der Waals surface area (Å²) in [6, 6.07) is 11.1. The first-order valence-corrected chi connectivity index (χ1v) is 11.7. The molecule has 160 valence electrons. The molecule has 6 nitrogen and oxygen atoms in total. The summed E-state index contributed by atoms with van der Waals surface area (Å²) in [5.41, 5.74) is 0.655. The van der Waals surface area contributed by atoms with Gasteiger partial charge in [0.05, 0.1) is 15.5 Å². The number of rotatable bonds is 7. The first-order valence-electron chi connectivity index (χ1n) is 9.86. The quantitative estimate of drug-likeness (QED) is 0.621. The van der Waals surface area contributed by atoms with Crippen LogP contribution < -0.4 is 10.1 Å². The number of amides is 1. The molecule has 3 rings (SSSR count). The largest absolute Gasteiger partial charge is 0.490 e. The monoisotopic (exact) mass is 448 g/mol. The molecule has 1 saturated heterocycles. The minimum atomic E-state index is -3.68. The number of carbonyl (C=O) groups excluding carboxylic acids is 1. The molecule has 1 amide bonds. The fourth-order valence-corrected chi connectivity index (χ4v) is 5.01. The summed E-state index contributed by atoms with van der Waals surface area (Å²) in [5, 5.41) is 2.93. The number of hydrogen-bond donors (Lipinski definition) is 1. The van der Waals surface area contributed by atoms with Crippen LogP contribution in [0.3, 0.4) is 0 Å². The minimum absolute atomic E-state index is 0.0760. The molecule has 1 aliphatic heterocycles. The highest BCUT2D eigenvalue weighted by Gasteiger charge is 2.26. The van der Waals surface area contributed by atoms with Crippen LogP contribution in [-0.2, 0) is 10.0 Å². The van der Waals surface area contributed by atoms with Gasteiger partial charge in [-0.2, -0.15) is 4.31 Å². The summed E-state index contributed by atoms with van der Waals surface area (Å²) >= 11 is 6.20. The maximum atomic E-state index is 13.0. The second kappa shape index (κ2) is 10.1. The van der Waals surface area contributed by atoms with Gasteiger partial charge >= 0.3 is 0 Å². The molecule has 1 aliphatic rings. The van der Waals surface area contributed by atoms with Gasteiger partial charge < -0.3 is 10.1 Å². The summed E-state index contributed by atoms with van der Waals surface area (Å²) in [6.45, 7) is 4.97. The van der Waals surface area contributed by atoms with E-state index < -0.39 is 15.9 Å². The van der Waals surface area contributed by atoms with Gasteiger partial charge in [-0.3, -0.25) is 4.79 Å². The van der Waals surface area contributed by atoms with E-state index in [0.717, 1.165) is 25.7 Å². The van der Waals surface area contributed by atoms with Crippen molar-refractivity contribution < 1.29 is 17.9 Å². The zero-order valence-corrected chi connectivity index (χ0v) is 18.2. The lowest BCUT2D eigenvalue weighted by molar-refractivity contribution is 0.102. The summed E-state index contributed by atoms with van der Waals surface area (Å²) in [7, 11) is -3.68. The van der Waals surface area contributed by atoms with Gasteiger partial charge in [0.25, 0.3) is 5.91 Å². The van der Waals surface area contributed by atoms with Gasteiger partial charge in [-0.1, -0.05) is 37.1 Å². The smallest absolute Gasteiger partial charge is 0.257 e. The van der Waals surface area contributed by atoms with Crippen molar-refractivity contribution in [2.45, 2.75) is 30.6 Å². The second-order valence-corrected chi connectivity index (χ2v) is 9.38. The topological polar surface area (TPSA) is 75.7 Å². The van der Waals surface area contributed by atoms with Gasteiger partial charge in [0.15, 0.2) is 0 Å². The first-order chi connectivity index (χ1) is 14.4. The van der Waals surface area contributed by atoms with Crippen LogP contribution in [0.5, 0.6) is 5.75 Å². The number of carbonyl (C=O) groups is 1. The van der Waals surface area contributed by atoms with Crippen molar-refractivity contribution in [2.75, 3.05) is 25.0 Å². The van der Waals surface area contributed by atoms with E-state index in [1.807, 2.05) is 0 Å². The first kappa shape index (κ1) is 22.3. The highest BCUT2D eigenvalue weighted by atomic mass is 35.5. The predicted molar refractivity (Wildman–Crippen MR) is 119 cm³/mol. The summed E-state index contributed by atoms with van der Waals surface area (Å²) in [6.07, 6.45) is 5.37. The van der Waals surface area contributed by atoms with E-state index >= 15 is 0 Å². The van der Waals surface area contributed by atoms with Crippen molar-refractivity contribution >= 4 is 33.2 Å². The van der Waals surface area contributed by atoms with Crippen molar-refractivity contribution in [3.8, 4) is 5.75 Å². The number of nitrogens with zero attached hydrogens (tertiary/aromatic N) is 1. The second-order valence-electron chi connectivity index (χ2n) is 7.04. The third-order valence-electron chi connectivity index (χ3n) is 4.87. The third kappa shape index (κ3) is 5.41. The fraction of sp³-hybridized carbons (Fsp3) is 0.318. The summed E-state index contributed by atoms with van der Waals surface area (Å²) in [5.74, 6) is 0.171. The Morgan fingerprint density at radius 3 is 2.40 bits per heavy atom. The van der Waals surface area contributed by atoms with Crippen LogP contribution in [0.2, 0.25) is 5.02 Å². The van der Waals surface area contributed by atoms with Gasteiger partial charge in [-0.25, -0.2) is 8.42 Å². The molecular weight excluding hydrogens is 424 g/mol. The van der Waals surface area contributed by atoms with E-state index in [1.165, 1.54) is 22.5 Å². The van der Waals surface area contributed by atoms with Crippen molar-refractivity contribution in [2.24, 2.45) is 0 Å². The van der Waals surface area contributed by atoms with Crippen LogP contribution in [-0.4, -0.2) is 38.3 Å². The fourth-order valence-electron chi connectivity index (χ4n) is 3.26. The van der Waals surface area contributed by atoms with Crippen LogP contribution in [0.4, 0.5) is 5.69 Å². The molecule has 2 aromatic carbocycles. The number of hydrogen-bond acceptors (Lipinski definition) is 4. The SMILES string of the molecule is C=CCOc1ccc(NC(=O)c2cc(S(=O)(=O)N3CCCCCC3)ccc2Cl)cc1. The van der Waals surface area contributed by atoms with Gasteiger partial charge in [0, 0.05) is 18.8 Å². The Labute approximate surface area is 182 Å². The highest BCUT2D eigenvalue weighted by molar-refractivity contribution is 7.89. The molecular formula is C22H25ClN2O4S. The average Bonchev–Trinajstić information content (AvgIpc) is 3.03. The molecule has 0 saturated carbocycles. The van der Waals surface area contributed by atoms with Crippen molar-refractivity contribution in [3.05, 3.63) is 65.7 Å². The lowest BCUT2D eigenvalue weighted by Gasteiger charge is -2.20.